The minimum atomic E-state index is -0.772. The number of hydrogen-bond acceptors (Lipinski definition) is 5. The monoisotopic (exact) mass is 421 g/mol. The maximum Gasteiger partial charge on any atom is 0.303 e. The van der Waals surface area contributed by atoms with Crippen molar-refractivity contribution in [3.63, 3.8) is 0 Å². The summed E-state index contributed by atoms with van der Waals surface area (Å²) in [5.41, 5.74) is 4.98. The molecule has 31 heavy (non-hydrogen) atoms. The lowest BCUT2D eigenvalue weighted by atomic mass is 9.51. The second kappa shape index (κ2) is 8.50. The van der Waals surface area contributed by atoms with E-state index in [9.17, 15) is 15.2 Å². The molecule has 2 unspecified atom stereocenters. The normalized spacial score (nSPS) is 35.3. The highest BCUT2D eigenvalue weighted by atomic mass is 16.6. The molecule has 0 aromatic rings. The van der Waals surface area contributed by atoms with Crippen LogP contribution < -0.4 is 0 Å². The van der Waals surface area contributed by atoms with Gasteiger partial charge in [0.1, 0.15) is 6.61 Å². The first kappa shape index (κ1) is 21.6. The van der Waals surface area contributed by atoms with Gasteiger partial charge in [-0.05, 0) is 91.3 Å². The van der Waals surface area contributed by atoms with Gasteiger partial charge >= 0.3 is 5.97 Å². The molecule has 0 bridgehead atoms. The average Bonchev–Trinajstić information content (AvgIpc) is 3.02. The molecule has 1 N–H and O–H groups in total. The quantitative estimate of drug-likeness (QED) is 0.463. The van der Waals surface area contributed by atoms with Crippen LogP contribution in [0.25, 0.3) is 0 Å². The maximum absolute atomic E-state index is 11.7. The van der Waals surface area contributed by atoms with Crippen LogP contribution in [0.3, 0.4) is 0 Å². The summed E-state index contributed by atoms with van der Waals surface area (Å²) in [5, 5.41) is 32.0. The Labute approximate surface area is 184 Å². The van der Waals surface area contributed by atoms with E-state index in [4.69, 9.17) is 10.1 Å². The number of allylic oxidation sites excluding steroid dienone is 4. The van der Waals surface area contributed by atoms with Gasteiger partial charge in [-0.25, -0.2) is 0 Å². The smallest absolute Gasteiger partial charge is 0.303 e. The fraction of sp³-hybridized carbons (Fsp3) is 0.680. The number of aliphatic carboxylic acids is 1. The molecule has 4 atom stereocenters. The van der Waals surface area contributed by atoms with Gasteiger partial charge in [0.25, 0.3) is 0 Å². The number of hydrogen-bond donors (Lipinski definition) is 1. The van der Waals surface area contributed by atoms with Crippen LogP contribution in [0.15, 0.2) is 28.0 Å². The number of rotatable bonds is 6. The van der Waals surface area contributed by atoms with Crippen LogP contribution in [-0.2, 0) is 9.63 Å². The van der Waals surface area contributed by atoms with Gasteiger partial charge in [-0.3, -0.25) is 4.79 Å². The van der Waals surface area contributed by atoms with Gasteiger partial charge in [0.2, 0.25) is 0 Å². The molecule has 164 valence electrons. The highest BCUT2D eigenvalue weighted by Gasteiger charge is 2.61. The summed E-state index contributed by atoms with van der Waals surface area (Å²) in [7, 11) is 0. The standard InChI is InChI=1S/C25H31N3O3/c1-24-9-7-20-19-6-4-18(28-31-14-2-12-26)15-17(19)3-5-21(20)22(24)8-10-25(24,11-13-27)16-23(29)30/h15,21-22H,2-11,14,16H2,1H3,(H,29,30)/t21?,22?,24-,25-/m0/s1. The number of carbonyl (C=O) groups is 1. The minimum absolute atomic E-state index is 0.0765. The van der Waals surface area contributed by atoms with Crippen LogP contribution in [0.5, 0.6) is 0 Å². The summed E-state index contributed by atoms with van der Waals surface area (Å²) in [6.07, 6.45) is 10.8. The molecule has 0 radical (unpaired) electrons. The lowest BCUT2D eigenvalue weighted by Crippen LogP contribution is -2.46. The number of nitriles is 2. The molecular formula is C25H31N3O3. The van der Waals surface area contributed by atoms with Crippen molar-refractivity contribution in [1.29, 1.82) is 10.5 Å². The Morgan fingerprint density at radius 3 is 2.81 bits per heavy atom. The SMILES string of the molecule is C[C@]12CCC3=C4CCC(=NOCCC#N)C=C4CCC3C1CC[C@]2(CC#N)CC(=O)O. The van der Waals surface area contributed by atoms with Crippen molar-refractivity contribution in [2.75, 3.05) is 6.61 Å². The van der Waals surface area contributed by atoms with Crippen LogP contribution in [-0.4, -0.2) is 23.4 Å². The van der Waals surface area contributed by atoms with Gasteiger partial charge in [-0.2, -0.15) is 10.5 Å². The second-order valence-electron chi connectivity index (χ2n) is 9.89. The summed E-state index contributed by atoms with van der Waals surface area (Å²) in [6.45, 7) is 2.61. The van der Waals surface area contributed by atoms with Crippen LogP contribution in [0.1, 0.15) is 77.6 Å². The van der Waals surface area contributed by atoms with E-state index in [0.29, 0.717) is 31.3 Å². The van der Waals surface area contributed by atoms with Crippen molar-refractivity contribution < 1.29 is 14.7 Å². The van der Waals surface area contributed by atoms with Gasteiger partial charge in [-0.15, -0.1) is 0 Å². The zero-order valence-corrected chi connectivity index (χ0v) is 18.3. The largest absolute Gasteiger partial charge is 0.481 e. The molecular weight excluding hydrogens is 390 g/mol. The fourth-order valence-electron chi connectivity index (χ4n) is 7.15. The first-order valence-corrected chi connectivity index (χ1v) is 11.5. The third-order valence-corrected chi connectivity index (χ3v) is 8.68. The molecule has 0 amide bonds. The van der Waals surface area contributed by atoms with Crippen molar-refractivity contribution in [3.05, 3.63) is 22.8 Å². The molecule has 0 spiro atoms. The van der Waals surface area contributed by atoms with Crippen molar-refractivity contribution in [2.24, 2.45) is 27.8 Å². The Bertz CT molecular complexity index is 935. The fourth-order valence-corrected chi connectivity index (χ4v) is 7.15. The minimum Gasteiger partial charge on any atom is -0.481 e. The number of oxime groups is 1. The number of fused-ring (bicyclic) bond motifs is 4. The predicted molar refractivity (Wildman–Crippen MR) is 116 cm³/mol. The molecule has 4 aliphatic rings. The Hall–Kier alpha value is -2.60. The molecule has 0 aromatic heterocycles. The van der Waals surface area contributed by atoms with E-state index in [1.165, 1.54) is 11.1 Å². The molecule has 0 aliphatic heterocycles. The third kappa shape index (κ3) is 3.67. The van der Waals surface area contributed by atoms with E-state index in [2.05, 4.69) is 30.3 Å². The lowest BCUT2D eigenvalue weighted by molar-refractivity contribution is -0.143. The number of carboxylic acid groups (broad SMARTS) is 1. The molecule has 6 heteroatoms. The van der Waals surface area contributed by atoms with E-state index in [1.54, 1.807) is 5.57 Å². The van der Waals surface area contributed by atoms with E-state index >= 15 is 0 Å². The Kier molecular flexibility index (Phi) is 5.93. The molecule has 2 fully saturated rings. The molecule has 2 saturated carbocycles. The van der Waals surface area contributed by atoms with Crippen LogP contribution in [0, 0.1) is 45.3 Å². The maximum atomic E-state index is 11.7. The summed E-state index contributed by atoms with van der Waals surface area (Å²) in [4.78, 5) is 17.0. The van der Waals surface area contributed by atoms with Gasteiger partial charge < -0.3 is 9.94 Å². The number of nitrogens with zero attached hydrogens (tertiary/aromatic N) is 3. The molecule has 0 heterocycles. The Morgan fingerprint density at radius 2 is 2.06 bits per heavy atom. The van der Waals surface area contributed by atoms with Crippen molar-refractivity contribution in [2.45, 2.75) is 77.6 Å². The van der Waals surface area contributed by atoms with Crippen LogP contribution in [0.2, 0.25) is 0 Å². The van der Waals surface area contributed by atoms with E-state index in [1.807, 2.05) is 0 Å². The first-order valence-electron chi connectivity index (χ1n) is 11.5. The van der Waals surface area contributed by atoms with Gasteiger partial charge in [0, 0.05) is 6.42 Å². The first-order chi connectivity index (χ1) is 14.9. The second-order valence-corrected chi connectivity index (χ2v) is 9.89. The summed E-state index contributed by atoms with van der Waals surface area (Å²) in [6, 6.07) is 4.39. The van der Waals surface area contributed by atoms with Gasteiger partial charge in [-0.1, -0.05) is 17.7 Å². The topological polar surface area (TPSA) is 106 Å². The molecule has 4 rings (SSSR count). The average molecular weight is 422 g/mol. The van der Waals surface area contributed by atoms with Gasteiger partial charge in [0.15, 0.2) is 0 Å². The van der Waals surface area contributed by atoms with Crippen molar-refractivity contribution in [1.82, 2.24) is 0 Å². The third-order valence-electron chi connectivity index (χ3n) is 8.68. The zero-order chi connectivity index (χ0) is 22.1. The summed E-state index contributed by atoms with van der Waals surface area (Å²) in [5.74, 6) is 0.222. The highest BCUT2D eigenvalue weighted by molar-refractivity contribution is 5.97. The molecule has 6 nitrogen and oxygen atoms in total. The molecule has 0 saturated heterocycles. The van der Waals surface area contributed by atoms with E-state index in [-0.39, 0.29) is 11.8 Å². The zero-order valence-electron chi connectivity index (χ0n) is 18.3. The van der Waals surface area contributed by atoms with Crippen LogP contribution >= 0.6 is 0 Å². The predicted octanol–water partition coefficient (Wildman–Crippen LogP) is 5.28. The van der Waals surface area contributed by atoms with Crippen molar-refractivity contribution >= 4 is 11.7 Å². The molecule has 4 aliphatic carbocycles. The van der Waals surface area contributed by atoms with Crippen molar-refractivity contribution in [3.8, 4) is 12.1 Å². The summed E-state index contributed by atoms with van der Waals surface area (Å²) >= 11 is 0. The van der Waals surface area contributed by atoms with Crippen LogP contribution in [0.4, 0.5) is 0 Å². The van der Waals surface area contributed by atoms with E-state index in [0.717, 1.165) is 57.1 Å². The molecule has 0 aromatic carbocycles. The highest BCUT2D eigenvalue weighted by Crippen LogP contribution is 2.68. The lowest BCUT2D eigenvalue weighted by Gasteiger charge is -2.53. The Balaban J connectivity index is 1.59. The summed E-state index contributed by atoms with van der Waals surface area (Å²) < 4.78 is 0. The van der Waals surface area contributed by atoms with Gasteiger partial charge in [0.05, 0.1) is 30.7 Å². The Morgan fingerprint density at radius 1 is 1.23 bits per heavy atom. The number of carboxylic acids is 1. The van der Waals surface area contributed by atoms with E-state index < -0.39 is 11.4 Å².